The molecule has 78 valence electrons. The van der Waals surface area contributed by atoms with Crippen LogP contribution in [-0.4, -0.2) is 17.5 Å². The van der Waals surface area contributed by atoms with Gasteiger partial charge in [0.25, 0.3) is 0 Å². The highest BCUT2D eigenvalue weighted by Crippen LogP contribution is 2.27. The SMILES string of the molecule is CCCCSCCC1CCCC1N. The van der Waals surface area contributed by atoms with Crippen molar-refractivity contribution in [3.8, 4) is 0 Å². The lowest BCUT2D eigenvalue weighted by Gasteiger charge is -2.14. The van der Waals surface area contributed by atoms with Crippen LogP contribution in [0.25, 0.3) is 0 Å². The monoisotopic (exact) mass is 201 g/mol. The van der Waals surface area contributed by atoms with Crippen LogP contribution < -0.4 is 5.73 Å². The maximum Gasteiger partial charge on any atom is 0.00674 e. The van der Waals surface area contributed by atoms with Gasteiger partial charge in [-0.1, -0.05) is 19.8 Å². The molecule has 0 heterocycles. The molecule has 1 aliphatic carbocycles. The van der Waals surface area contributed by atoms with Gasteiger partial charge in [0.15, 0.2) is 0 Å². The Morgan fingerprint density at radius 3 is 2.77 bits per heavy atom. The lowest BCUT2D eigenvalue weighted by atomic mass is 10.0. The maximum absolute atomic E-state index is 6.01. The van der Waals surface area contributed by atoms with Crippen LogP contribution in [0.15, 0.2) is 0 Å². The predicted molar refractivity (Wildman–Crippen MR) is 62.2 cm³/mol. The molecule has 0 radical (unpaired) electrons. The summed E-state index contributed by atoms with van der Waals surface area (Å²) in [7, 11) is 0. The molecule has 0 spiro atoms. The van der Waals surface area contributed by atoms with Crippen molar-refractivity contribution in [3.63, 3.8) is 0 Å². The average Bonchev–Trinajstić information content (AvgIpc) is 2.52. The minimum atomic E-state index is 0.520. The Morgan fingerprint density at radius 1 is 1.31 bits per heavy atom. The Balaban J connectivity index is 1.93. The van der Waals surface area contributed by atoms with Crippen LogP contribution in [0.3, 0.4) is 0 Å². The number of hydrogen-bond donors (Lipinski definition) is 1. The van der Waals surface area contributed by atoms with Gasteiger partial charge in [0, 0.05) is 6.04 Å². The molecular weight excluding hydrogens is 178 g/mol. The Kier molecular flexibility index (Phi) is 5.88. The van der Waals surface area contributed by atoms with Crippen LogP contribution >= 0.6 is 11.8 Å². The van der Waals surface area contributed by atoms with Gasteiger partial charge in [-0.15, -0.1) is 0 Å². The van der Waals surface area contributed by atoms with Gasteiger partial charge in [0.1, 0.15) is 0 Å². The Bertz CT molecular complexity index is 127. The van der Waals surface area contributed by atoms with Gasteiger partial charge in [0.05, 0.1) is 0 Å². The van der Waals surface area contributed by atoms with Crippen molar-refractivity contribution in [3.05, 3.63) is 0 Å². The third-order valence-corrected chi connectivity index (χ3v) is 4.09. The summed E-state index contributed by atoms with van der Waals surface area (Å²) in [6.45, 7) is 2.26. The zero-order valence-corrected chi connectivity index (χ0v) is 9.61. The molecule has 2 N–H and O–H groups in total. The van der Waals surface area contributed by atoms with Crippen molar-refractivity contribution < 1.29 is 0 Å². The van der Waals surface area contributed by atoms with E-state index in [1.54, 1.807) is 0 Å². The molecular formula is C11H23NS. The highest BCUT2D eigenvalue weighted by molar-refractivity contribution is 7.99. The summed E-state index contributed by atoms with van der Waals surface area (Å²) >= 11 is 2.11. The second-order valence-corrected chi connectivity index (χ2v) is 5.33. The van der Waals surface area contributed by atoms with Gasteiger partial charge in [-0.05, 0) is 43.1 Å². The van der Waals surface area contributed by atoms with E-state index in [0.717, 1.165) is 5.92 Å². The van der Waals surface area contributed by atoms with E-state index in [9.17, 15) is 0 Å². The topological polar surface area (TPSA) is 26.0 Å². The average molecular weight is 201 g/mol. The molecule has 0 saturated heterocycles. The lowest BCUT2D eigenvalue weighted by Crippen LogP contribution is -2.24. The van der Waals surface area contributed by atoms with E-state index in [-0.39, 0.29) is 0 Å². The minimum Gasteiger partial charge on any atom is -0.327 e. The molecule has 1 fully saturated rings. The first kappa shape index (κ1) is 11.4. The molecule has 1 rings (SSSR count). The maximum atomic E-state index is 6.01. The van der Waals surface area contributed by atoms with Gasteiger partial charge in [0.2, 0.25) is 0 Å². The van der Waals surface area contributed by atoms with Gasteiger partial charge < -0.3 is 5.73 Å². The molecule has 0 aromatic carbocycles. The summed E-state index contributed by atoms with van der Waals surface area (Å²) in [5.41, 5.74) is 6.01. The summed E-state index contributed by atoms with van der Waals surface area (Å²) in [5.74, 6) is 3.52. The summed E-state index contributed by atoms with van der Waals surface area (Å²) in [6.07, 6.45) is 8.08. The Labute approximate surface area is 86.8 Å². The van der Waals surface area contributed by atoms with E-state index < -0.39 is 0 Å². The van der Waals surface area contributed by atoms with E-state index in [1.165, 1.54) is 50.0 Å². The molecule has 0 aliphatic heterocycles. The van der Waals surface area contributed by atoms with Crippen LogP contribution in [0.4, 0.5) is 0 Å². The third-order valence-electron chi connectivity index (χ3n) is 2.99. The Hall–Kier alpha value is 0.310. The highest BCUT2D eigenvalue weighted by Gasteiger charge is 2.22. The zero-order valence-electron chi connectivity index (χ0n) is 8.80. The number of rotatable bonds is 6. The molecule has 13 heavy (non-hydrogen) atoms. The second kappa shape index (κ2) is 6.72. The summed E-state index contributed by atoms with van der Waals surface area (Å²) in [4.78, 5) is 0. The summed E-state index contributed by atoms with van der Waals surface area (Å²) < 4.78 is 0. The van der Waals surface area contributed by atoms with Crippen molar-refractivity contribution in [2.45, 2.75) is 51.5 Å². The van der Waals surface area contributed by atoms with E-state index >= 15 is 0 Å². The van der Waals surface area contributed by atoms with Gasteiger partial charge in [-0.25, -0.2) is 0 Å². The minimum absolute atomic E-state index is 0.520. The number of nitrogens with two attached hydrogens (primary N) is 1. The van der Waals surface area contributed by atoms with Gasteiger partial charge in [-0.2, -0.15) is 11.8 Å². The fourth-order valence-electron chi connectivity index (χ4n) is 2.01. The first-order valence-electron chi connectivity index (χ1n) is 5.68. The van der Waals surface area contributed by atoms with Crippen molar-refractivity contribution in [2.75, 3.05) is 11.5 Å². The fraction of sp³-hybridized carbons (Fsp3) is 1.00. The quantitative estimate of drug-likeness (QED) is 0.668. The standard InChI is InChI=1S/C11H23NS/c1-2-3-8-13-9-7-10-5-4-6-11(10)12/h10-11H,2-9,12H2,1H3. The highest BCUT2D eigenvalue weighted by atomic mass is 32.2. The first-order chi connectivity index (χ1) is 6.34. The van der Waals surface area contributed by atoms with Crippen LogP contribution in [0.5, 0.6) is 0 Å². The number of thioether (sulfide) groups is 1. The van der Waals surface area contributed by atoms with E-state index in [2.05, 4.69) is 18.7 Å². The summed E-state index contributed by atoms with van der Waals surface area (Å²) in [5, 5.41) is 0. The van der Waals surface area contributed by atoms with Crippen LogP contribution in [0.1, 0.15) is 45.4 Å². The van der Waals surface area contributed by atoms with Crippen molar-refractivity contribution in [1.29, 1.82) is 0 Å². The number of hydrogen-bond acceptors (Lipinski definition) is 2. The van der Waals surface area contributed by atoms with E-state index in [0.29, 0.717) is 6.04 Å². The van der Waals surface area contributed by atoms with Crippen LogP contribution in [0.2, 0.25) is 0 Å². The molecule has 0 aromatic heterocycles. The van der Waals surface area contributed by atoms with E-state index in [1.807, 2.05) is 0 Å². The zero-order chi connectivity index (χ0) is 9.52. The molecule has 1 saturated carbocycles. The van der Waals surface area contributed by atoms with Gasteiger partial charge >= 0.3 is 0 Å². The molecule has 0 aromatic rings. The molecule has 1 nitrogen and oxygen atoms in total. The van der Waals surface area contributed by atoms with Crippen molar-refractivity contribution >= 4 is 11.8 Å². The molecule has 2 atom stereocenters. The van der Waals surface area contributed by atoms with Gasteiger partial charge in [-0.3, -0.25) is 0 Å². The molecule has 2 unspecified atom stereocenters. The van der Waals surface area contributed by atoms with E-state index in [4.69, 9.17) is 5.73 Å². The Morgan fingerprint density at radius 2 is 2.15 bits per heavy atom. The molecule has 0 bridgehead atoms. The largest absolute Gasteiger partial charge is 0.327 e. The molecule has 2 heteroatoms. The number of unbranched alkanes of at least 4 members (excludes halogenated alkanes) is 1. The van der Waals surface area contributed by atoms with Crippen LogP contribution in [-0.2, 0) is 0 Å². The first-order valence-corrected chi connectivity index (χ1v) is 6.83. The smallest absolute Gasteiger partial charge is 0.00674 e. The summed E-state index contributed by atoms with van der Waals surface area (Å²) in [6, 6.07) is 0.520. The lowest BCUT2D eigenvalue weighted by molar-refractivity contribution is 0.470. The second-order valence-electron chi connectivity index (χ2n) is 4.11. The van der Waals surface area contributed by atoms with Crippen LogP contribution in [0, 0.1) is 5.92 Å². The third kappa shape index (κ3) is 4.37. The van der Waals surface area contributed by atoms with Crippen molar-refractivity contribution in [2.24, 2.45) is 11.7 Å². The predicted octanol–water partition coefficient (Wildman–Crippen LogP) is 3.04. The molecule has 0 amide bonds. The normalized spacial score (nSPS) is 28.2. The van der Waals surface area contributed by atoms with Crippen molar-refractivity contribution in [1.82, 2.24) is 0 Å². The fourth-order valence-corrected chi connectivity index (χ4v) is 3.17. The molecule has 1 aliphatic rings.